The van der Waals surface area contributed by atoms with Crippen LogP contribution in [0, 0.1) is 6.92 Å². The number of hydrogen-bond donors (Lipinski definition) is 0. The smallest absolute Gasteiger partial charge is 0.246 e. The van der Waals surface area contributed by atoms with Crippen LogP contribution in [0.5, 0.6) is 0 Å². The molecule has 9 heteroatoms. The zero-order valence-corrected chi connectivity index (χ0v) is 17.5. The highest BCUT2D eigenvalue weighted by atomic mass is 32.2. The van der Waals surface area contributed by atoms with Crippen molar-refractivity contribution in [3.8, 4) is 11.4 Å². The lowest BCUT2D eigenvalue weighted by Gasteiger charge is -2.28. The number of sulfone groups is 1. The Morgan fingerprint density at radius 3 is 2.57 bits per heavy atom. The third-order valence-corrected chi connectivity index (χ3v) is 7.03. The number of aromatic nitrogens is 4. The average molecular weight is 426 g/mol. The van der Waals surface area contributed by atoms with Crippen LogP contribution in [0.1, 0.15) is 17.5 Å². The van der Waals surface area contributed by atoms with Crippen LogP contribution in [0.4, 0.5) is 0 Å². The van der Waals surface area contributed by atoms with Gasteiger partial charge in [-0.05, 0) is 29.7 Å². The van der Waals surface area contributed by atoms with Crippen LogP contribution in [0.15, 0.2) is 54.6 Å². The molecule has 0 aliphatic carbocycles. The van der Waals surface area contributed by atoms with Crippen molar-refractivity contribution in [2.24, 2.45) is 0 Å². The second kappa shape index (κ2) is 8.35. The quantitative estimate of drug-likeness (QED) is 0.598. The molecule has 0 unspecified atom stereocenters. The molecular weight excluding hydrogens is 402 g/mol. The van der Waals surface area contributed by atoms with Crippen LogP contribution in [0.25, 0.3) is 11.4 Å². The van der Waals surface area contributed by atoms with E-state index in [1.165, 1.54) is 4.80 Å². The number of tetrazole rings is 1. The summed E-state index contributed by atoms with van der Waals surface area (Å²) in [6.07, 6.45) is 0.445. The fourth-order valence-electron chi connectivity index (χ4n) is 3.68. The van der Waals surface area contributed by atoms with E-state index in [1.807, 2.05) is 61.5 Å². The Kier molecular flexibility index (Phi) is 5.63. The molecule has 0 radical (unpaired) electrons. The van der Waals surface area contributed by atoms with Gasteiger partial charge >= 0.3 is 0 Å². The first-order valence-corrected chi connectivity index (χ1v) is 11.6. The molecule has 1 atom stereocenters. The molecule has 0 bridgehead atoms. The topological polar surface area (TPSA) is 98.0 Å². The Balaban J connectivity index is 1.54. The van der Waals surface area contributed by atoms with Crippen molar-refractivity contribution in [1.82, 2.24) is 25.1 Å². The van der Waals surface area contributed by atoms with Gasteiger partial charge in [0.05, 0.1) is 11.5 Å². The Hall–Kier alpha value is -3.07. The van der Waals surface area contributed by atoms with Crippen LogP contribution in [0.3, 0.4) is 0 Å². The van der Waals surface area contributed by atoms with Crippen LogP contribution in [-0.4, -0.2) is 57.0 Å². The normalized spacial score (nSPS) is 17.7. The Morgan fingerprint density at radius 2 is 1.87 bits per heavy atom. The van der Waals surface area contributed by atoms with Crippen LogP contribution in [-0.2, 0) is 27.7 Å². The highest BCUT2D eigenvalue weighted by molar-refractivity contribution is 7.91. The number of rotatable bonds is 6. The van der Waals surface area contributed by atoms with Crippen molar-refractivity contribution in [2.75, 3.05) is 11.5 Å². The molecule has 1 aliphatic heterocycles. The molecule has 2 heterocycles. The molecule has 0 N–H and O–H groups in total. The minimum Gasteiger partial charge on any atom is -0.333 e. The summed E-state index contributed by atoms with van der Waals surface area (Å²) in [7, 11) is -3.12. The molecule has 0 saturated carbocycles. The summed E-state index contributed by atoms with van der Waals surface area (Å²) < 4.78 is 24.0. The summed E-state index contributed by atoms with van der Waals surface area (Å²) >= 11 is 0. The number of hydrogen-bond acceptors (Lipinski definition) is 6. The van der Waals surface area contributed by atoms with Gasteiger partial charge in [0.2, 0.25) is 11.7 Å². The molecule has 1 amide bonds. The Labute approximate surface area is 175 Å². The predicted octanol–water partition coefficient (Wildman–Crippen LogP) is 1.86. The van der Waals surface area contributed by atoms with E-state index in [2.05, 4.69) is 15.4 Å². The van der Waals surface area contributed by atoms with E-state index in [0.717, 1.165) is 16.7 Å². The summed E-state index contributed by atoms with van der Waals surface area (Å²) in [5.74, 6) is 0.328. The van der Waals surface area contributed by atoms with E-state index in [4.69, 9.17) is 0 Å². The van der Waals surface area contributed by atoms with Gasteiger partial charge in [-0.1, -0.05) is 54.6 Å². The lowest BCUT2D eigenvalue weighted by atomic mass is 10.1. The summed E-state index contributed by atoms with van der Waals surface area (Å²) in [6, 6.07) is 16.9. The number of amides is 1. The lowest BCUT2D eigenvalue weighted by molar-refractivity contribution is -0.134. The summed E-state index contributed by atoms with van der Waals surface area (Å²) in [5.41, 5.74) is 2.83. The van der Waals surface area contributed by atoms with E-state index in [0.29, 0.717) is 18.8 Å². The molecule has 2 aromatic carbocycles. The van der Waals surface area contributed by atoms with Gasteiger partial charge in [0, 0.05) is 18.2 Å². The monoisotopic (exact) mass is 425 g/mol. The molecule has 156 valence electrons. The van der Waals surface area contributed by atoms with Crippen molar-refractivity contribution in [3.05, 3.63) is 65.7 Å². The van der Waals surface area contributed by atoms with E-state index in [9.17, 15) is 13.2 Å². The minimum absolute atomic E-state index is 0.00911. The maximum absolute atomic E-state index is 13.1. The number of benzene rings is 2. The van der Waals surface area contributed by atoms with Gasteiger partial charge in [-0.25, -0.2) is 8.42 Å². The van der Waals surface area contributed by atoms with Gasteiger partial charge < -0.3 is 4.90 Å². The van der Waals surface area contributed by atoms with Crippen LogP contribution < -0.4 is 0 Å². The molecule has 3 aromatic rings. The third-order valence-electron chi connectivity index (χ3n) is 5.28. The maximum Gasteiger partial charge on any atom is 0.246 e. The standard InChI is InChI=1S/C21H23N5O3S/c1-16-7-5-6-10-19(16)21-22-24-26(23-21)14-20(27)25(13-17-8-3-2-4-9-17)18-11-12-30(28,29)15-18/h2-10,18H,11-15H2,1H3/t18-/m0/s1. The van der Waals surface area contributed by atoms with Gasteiger partial charge in [0.25, 0.3) is 0 Å². The maximum atomic E-state index is 13.1. The Bertz CT molecular complexity index is 1140. The SMILES string of the molecule is Cc1ccccc1-c1nnn(CC(=O)N(Cc2ccccc2)[C@H]2CCS(=O)(=O)C2)n1. The minimum atomic E-state index is -3.12. The Morgan fingerprint density at radius 1 is 1.13 bits per heavy atom. The highest BCUT2D eigenvalue weighted by Crippen LogP contribution is 2.21. The molecule has 1 saturated heterocycles. The molecule has 4 rings (SSSR count). The van der Waals surface area contributed by atoms with Gasteiger partial charge in [-0.3, -0.25) is 4.79 Å². The number of carbonyl (C=O) groups excluding carboxylic acids is 1. The molecular formula is C21H23N5O3S. The molecule has 30 heavy (non-hydrogen) atoms. The van der Waals surface area contributed by atoms with Gasteiger partial charge in [0.15, 0.2) is 9.84 Å². The fraction of sp³-hybridized carbons (Fsp3) is 0.333. The van der Waals surface area contributed by atoms with Gasteiger partial charge in [-0.2, -0.15) is 4.80 Å². The van der Waals surface area contributed by atoms with Crippen molar-refractivity contribution in [1.29, 1.82) is 0 Å². The van der Waals surface area contributed by atoms with Gasteiger partial charge in [0.1, 0.15) is 6.54 Å². The second-order valence-electron chi connectivity index (χ2n) is 7.52. The highest BCUT2D eigenvalue weighted by Gasteiger charge is 2.35. The molecule has 8 nitrogen and oxygen atoms in total. The first-order valence-electron chi connectivity index (χ1n) is 9.79. The van der Waals surface area contributed by atoms with E-state index >= 15 is 0 Å². The molecule has 1 aliphatic rings. The molecule has 1 fully saturated rings. The predicted molar refractivity (Wildman–Crippen MR) is 112 cm³/mol. The van der Waals surface area contributed by atoms with Crippen LogP contribution in [0.2, 0.25) is 0 Å². The summed E-state index contributed by atoms with van der Waals surface area (Å²) in [4.78, 5) is 16.0. The van der Waals surface area contributed by atoms with Crippen molar-refractivity contribution < 1.29 is 13.2 Å². The summed E-state index contributed by atoms with van der Waals surface area (Å²) in [5, 5.41) is 12.5. The third kappa shape index (κ3) is 4.56. The largest absolute Gasteiger partial charge is 0.333 e. The average Bonchev–Trinajstić information content (AvgIpc) is 3.33. The fourth-order valence-corrected chi connectivity index (χ4v) is 5.41. The van der Waals surface area contributed by atoms with Crippen molar-refractivity contribution in [2.45, 2.75) is 32.5 Å². The first kappa shape index (κ1) is 20.2. The van der Waals surface area contributed by atoms with E-state index < -0.39 is 9.84 Å². The zero-order chi connectivity index (χ0) is 21.1. The number of nitrogens with zero attached hydrogens (tertiary/aromatic N) is 5. The molecule has 1 aromatic heterocycles. The zero-order valence-electron chi connectivity index (χ0n) is 16.7. The second-order valence-corrected chi connectivity index (χ2v) is 9.75. The van der Waals surface area contributed by atoms with E-state index in [1.54, 1.807) is 4.90 Å². The van der Waals surface area contributed by atoms with Crippen molar-refractivity contribution >= 4 is 15.7 Å². The van der Waals surface area contributed by atoms with Crippen molar-refractivity contribution in [3.63, 3.8) is 0 Å². The summed E-state index contributed by atoms with van der Waals surface area (Å²) in [6.45, 7) is 2.21. The van der Waals surface area contributed by atoms with Gasteiger partial charge in [-0.15, -0.1) is 10.2 Å². The molecule has 0 spiro atoms. The first-order chi connectivity index (χ1) is 14.4. The number of carbonyl (C=O) groups is 1. The number of aryl methyl sites for hydroxylation is 1. The van der Waals surface area contributed by atoms with Crippen LogP contribution >= 0.6 is 0 Å². The van der Waals surface area contributed by atoms with E-state index in [-0.39, 0.29) is 30.0 Å². The lowest BCUT2D eigenvalue weighted by Crippen LogP contribution is -2.42.